The van der Waals surface area contributed by atoms with Gasteiger partial charge in [0.1, 0.15) is 5.75 Å². The first-order chi connectivity index (χ1) is 13.0. The molecule has 0 aliphatic rings. The van der Waals surface area contributed by atoms with E-state index in [1.54, 1.807) is 74.8 Å². The largest absolute Gasteiger partial charge is 0.453 e. The molecule has 0 bridgehead atoms. The highest BCUT2D eigenvalue weighted by Crippen LogP contribution is 2.32. The minimum absolute atomic E-state index is 0.0472. The number of nitrogens with zero attached hydrogens (tertiary/aromatic N) is 1. The summed E-state index contributed by atoms with van der Waals surface area (Å²) in [5, 5.41) is 0. The van der Waals surface area contributed by atoms with Crippen LogP contribution in [0.4, 0.5) is 4.39 Å². The summed E-state index contributed by atoms with van der Waals surface area (Å²) in [5.41, 5.74) is 0.252. The van der Waals surface area contributed by atoms with E-state index >= 15 is 4.39 Å². The zero-order valence-electron chi connectivity index (χ0n) is 15.0. The van der Waals surface area contributed by atoms with Gasteiger partial charge in [0.15, 0.2) is 17.3 Å². The Kier molecular flexibility index (Phi) is 5.31. The molecule has 0 heterocycles. The van der Waals surface area contributed by atoms with Gasteiger partial charge in [-0.05, 0) is 24.3 Å². The van der Waals surface area contributed by atoms with Crippen LogP contribution in [0.2, 0.25) is 0 Å². The van der Waals surface area contributed by atoms with Gasteiger partial charge < -0.3 is 9.64 Å². The van der Waals surface area contributed by atoms with Gasteiger partial charge in [-0.25, -0.2) is 4.39 Å². The number of benzene rings is 3. The monoisotopic (exact) mass is 363 g/mol. The predicted octanol–water partition coefficient (Wildman–Crippen LogP) is 4.55. The number of ether oxygens (including phenoxy) is 1. The molecule has 0 N–H and O–H groups in total. The van der Waals surface area contributed by atoms with Crippen molar-refractivity contribution in [3.05, 3.63) is 95.3 Å². The molecule has 0 aliphatic carbocycles. The second kappa shape index (κ2) is 7.83. The molecule has 0 atom stereocenters. The number of amides is 1. The van der Waals surface area contributed by atoms with Gasteiger partial charge in [0, 0.05) is 19.7 Å². The first kappa shape index (κ1) is 18.3. The van der Waals surface area contributed by atoms with Gasteiger partial charge >= 0.3 is 0 Å². The zero-order valence-corrected chi connectivity index (χ0v) is 15.0. The normalized spacial score (nSPS) is 10.3. The fraction of sp³-hybridized carbons (Fsp3) is 0.0909. The summed E-state index contributed by atoms with van der Waals surface area (Å²) >= 11 is 0. The molecule has 5 heteroatoms. The highest BCUT2D eigenvalue weighted by molar-refractivity contribution is 6.10. The number of para-hydroxylation sites is 1. The van der Waals surface area contributed by atoms with Crippen molar-refractivity contribution < 1.29 is 18.7 Å². The Balaban J connectivity index is 2.11. The summed E-state index contributed by atoms with van der Waals surface area (Å²) in [7, 11) is 3.13. The Morgan fingerprint density at radius 2 is 1.37 bits per heavy atom. The van der Waals surface area contributed by atoms with Crippen molar-refractivity contribution in [2.45, 2.75) is 0 Å². The maximum Gasteiger partial charge on any atom is 0.257 e. The van der Waals surface area contributed by atoms with Gasteiger partial charge in [0.25, 0.3) is 5.91 Å². The van der Waals surface area contributed by atoms with Gasteiger partial charge in [-0.2, -0.15) is 0 Å². The van der Waals surface area contributed by atoms with Crippen molar-refractivity contribution in [3.63, 3.8) is 0 Å². The molecule has 0 saturated heterocycles. The highest BCUT2D eigenvalue weighted by Gasteiger charge is 2.25. The second-order valence-corrected chi connectivity index (χ2v) is 6.11. The Morgan fingerprint density at radius 1 is 0.815 bits per heavy atom. The number of halogens is 1. The summed E-state index contributed by atoms with van der Waals surface area (Å²) in [6.07, 6.45) is 0. The molecule has 27 heavy (non-hydrogen) atoms. The second-order valence-electron chi connectivity index (χ2n) is 6.11. The Labute approximate surface area is 156 Å². The van der Waals surface area contributed by atoms with E-state index in [1.807, 2.05) is 0 Å². The van der Waals surface area contributed by atoms with Gasteiger partial charge in [0.05, 0.1) is 11.1 Å². The molecule has 3 aromatic rings. The molecule has 1 amide bonds. The highest BCUT2D eigenvalue weighted by atomic mass is 19.1. The zero-order chi connectivity index (χ0) is 19.4. The standard InChI is InChI=1S/C22H18FNO3/c1-24(2)22(26)18-14-13-17(20(25)15-9-5-3-6-10-15)19(23)21(18)27-16-11-7-4-8-12-16/h3-14H,1-2H3. The lowest BCUT2D eigenvalue weighted by Gasteiger charge is -2.17. The Bertz CT molecular complexity index is 970. The van der Waals surface area contributed by atoms with Crippen LogP contribution in [-0.4, -0.2) is 30.7 Å². The number of ketones is 1. The molecule has 4 nitrogen and oxygen atoms in total. The number of carbonyl (C=O) groups is 2. The SMILES string of the molecule is CN(C)C(=O)c1ccc(C(=O)c2ccccc2)c(F)c1Oc1ccccc1. The summed E-state index contributed by atoms with van der Waals surface area (Å²) in [5.74, 6) is -1.65. The van der Waals surface area contributed by atoms with Crippen LogP contribution < -0.4 is 4.74 Å². The van der Waals surface area contributed by atoms with Crippen LogP contribution in [-0.2, 0) is 0 Å². The third-order valence-corrected chi connectivity index (χ3v) is 3.98. The summed E-state index contributed by atoms with van der Waals surface area (Å²) < 4.78 is 20.9. The first-order valence-electron chi connectivity index (χ1n) is 8.36. The van der Waals surface area contributed by atoms with Crippen LogP contribution in [0, 0.1) is 5.82 Å². The third kappa shape index (κ3) is 3.87. The molecule has 0 aromatic heterocycles. The Hall–Kier alpha value is -3.47. The van der Waals surface area contributed by atoms with Gasteiger partial charge in [-0.1, -0.05) is 48.5 Å². The minimum Gasteiger partial charge on any atom is -0.453 e. The maximum absolute atomic E-state index is 15.3. The molecule has 136 valence electrons. The molecular weight excluding hydrogens is 345 g/mol. The van der Waals surface area contributed by atoms with Crippen LogP contribution in [0.15, 0.2) is 72.8 Å². The van der Waals surface area contributed by atoms with Crippen LogP contribution in [0.3, 0.4) is 0 Å². The number of rotatable bonds is 5. The topological polar surface area (TPSA) is 46.6 Å². The number of carbonyl (C=O) groups excluding carboxylic acids is 2. The van der Waals surface area contributed by atoms with Gasteiger partial charge in [-0.15, -0.1) is 0 Å². The molecular formula is C22H18FNO3. The van der Waals surface area contributed by atoms with Crippen molar-refractivity contribution in [2.24, 2.45) is 0 Å². The summed E-state index contributed by atoms with van der Waals surface area (Å²) in [4.78, 5) is 26.5. The fourth-order valence-corrected chi connectivity index (χ4v) is 2.59. The molecule has 0 unspecified atom stereocenters. The van der Waals surface area contributed by atoms with E-state index in [0.717, 1.165) is 0 Å². The van der Waals surface area contributed by atoms with E-state index in [9.17, 15) is 9.59 Å². The van der Waals surface area contributed by atoms with Crippen molar-refractivity contribution in [1.29, 1.82) is 0 Å². The van der Waals surface area contributed by atoms with Crippen LogP contribution in [0.25, 0.3) is 0 Å². The van der Waals surface area contributed by atoms with E-state index in [0.29, 0.717) is 11.3 Å². The summed E-state index contributed by atoms with van der Waals surface area (Å²) in [6.45, 7) is 0. The van der Waals surface area contributed by atoms with Gasteiger partial charge in [0.2, 0.25) is 0 Å². The lowest BCUT2D eigenvalue weighted by Crippen LogP contribution is -2.23. The molecule has 3 rings (SSSR count). The van der Waals surface area contributed by atoms with Crippen LogP contribution in [0.1, 0.15) is 26.3 Å². The Morgan fingerprint density at radius 3 is 1.96 bits per heavy atom. The molecule has 0 radical (unpaired) electrons. The smallest absolute Gasteiger partial charge is 0.257 e. The molecule has 0 fully saturated rings. The molecule has 3 aromatic carbocycles. The fourth-order valence-electron chi connectivity index (χ4n) is 2.59. The van der Waals surface area contributed by atoms with E-state index in [4.69, 9.17) is 4.74 Å². The average Bonchev–Trinajstić information content (AvgIpc) is 2.70. The molecule has 0 saturated carbocycles. The van der Waals surface area contributed by atoms with E-state index < -0.39 is 17.5 Å². The van der Waals surface area contributed by atoms with E-state index in [1.165, 1.54) is 17.0 Å². The van der Waals surface area contributed by atoms with Crippen molar-refractivity contribution >= 4 is 11.7 Å². The summed E-state index contributed by atoms with van der Waals surface area (Å²) in [6, 6.07) is 19.7. The minimum atomic E-state index is -0.861. The van der Waals surface area contributed by atoms with Crippen LogP contribution >= 0.6 is 0 Å². The lowest BCUT2D eigenvalue weighted by atomic mass is 10.00. The van der Waals surface area contributed by atoms with E-state index in [-0.39, 0.29) is 16.9 Å². The van der Waals surface area contributed by atoms with Crippen molar-refractivity contribution in [3.8, 4) is 11.5 Å². The average molecular weight is 363 g/mol. The first-order valence-corrected chi connectivity index (χ1v) is 8.36. The lowest BCUT2D eigenvalue weighted by molar-refractivity contribution is 0.0823. The van der Waals surface area contributed by atoms with Crippen molar-refractivity contribution in [1.82, 2.24) is 4.90 Å². The molecule has 0 spiro atoms. The quantitative estimate of drug-likeness (QED) is 0.625. The number of hydrogen-bond acceptors (Lipinski definition) is 3. The maximum atomic E-state index is 15.3. The van der Waals surface area contributed by atoms with E-state index in [2.05, 4.69) is 0 Å². The number of hydrogen-bond donors (Lipinski definition) is 0. The van der Waals surface area contributed by atoms with Crippen molar-refractivity contribution in [2.75, 3.05) is 14.1 Å². The van der Waals surface area contributed by atoms with Crippen LogP contribution in [0.5, 0.6) is 11.5 Å². The molecule has 0 aliphatic heterocycles. The third-order valence-electron chi connectivity index (χ3n) is 3.98. The van der Waals surface area contributed by atoms with Gasteiger partial charge in [-0.3, -0.25) is 9.59 Å². The predicted molar refractivity (Wildman–Crippen MR) is 101 cm³/mol.